The van der Waals surface area contributed by atoms with E-state index in [0.717, 1.165) is 18.5 Å². The molecule has 0 aliphatic carbocycles. The molecular weight excluding hydrogens is 270 g/mol. The maximum Gasteiger partial charge on any atom is 0.128 e. The summed E-state index contributed by atoms with van der Waals surface area (Å²) in [6, 6.07) is 10.3. The van der Waals surface area contributed by atoms with E-state index >= 15 is 0 Å². The van der Waals surface area contributed by atoms with Gasteiger partial charge in [0.15, 0.2) is 0 Å². The third-order valence-corrected chi connectivity index (χ3v) is 3.41. The molecule has 106 valence electrons. The van der Waals surface area contributed by atoms with Crippen molar-refractivity contribution in [2.75, 3.05) is 12.3 Å². The lowest BCUT2D eigenvalue weighted by atomic mass is 9.97. The van der Waals surface area contributed by atoms with Gasteiger partial charge in [0.05, 0.1) is 11.1 Å². The highest BCUT2D eigenvalue weighted by Gasteiger charge is 2.17. The number of anilines is 1. The second-order valence-electron chi connectivity index (χ2n) is 4.93. The van der Waals surface area contributed by atoms with Crippen LogP contribution >= 0.6 is 11.6 Å². The van der Waals surface area contributed by atoms with Gasteiger partial charge in [-0.3, -0.25) is 0 Å². The average Bonchev–Trinajstić information content (AvgIpc) is 2.43. The fourth-order valence-corrected chi connectivity index (χ4v) is 2.41. The molecule has 1 aromatic carbocycles. The van der Waals surface area contributed by atoms with Crippen molar-refractivity contribution in [1.29, 1.82) is 0 Å². The number of pyridine rings is 1. The van der Waals surface area contributed by atoms with Crippen LogP contribution in [-0.4, -0.2) is 11.5 Å². The smallest absolute Gasteiger partial charge is 0.128 e. The predicted octanol–water partition coefficient (Wildman–Crippen LogP) is 3.71. The van der Waals surface area contributed by atoms with Gasteiger partial charge in [-0.05, 0) is 31.5 Å². The zero-order valence-electron chi connectivity index (χ0n) is 11.9. The van der Waals surface area contributed by atoms with Crippen LogP contribution in [0.3, 0.4) is 0 Å². The molecule has 3 N–H and O–H groups in total. The van der Waals surface area contributed by atoms with Crippen LogP contribution in [0.4, 0.5) is 5.82 Å². The summed E-state index contributed by atoms with van der Waals surface area (Å²) in [5.74, 6) is 0.518. The van der Waals surface area contributed by atoms with Crippen molar-refractivity contribution in [3.8, 4) is 0 Å². The maximum absolute atomic E-state index is 6.07. The second kappa shape index (κ2) is 6.73. The number of nitrogen functional groups attached to an aromatic ring is 1. The van der Waals surface area contributed by atoms with Gasteiger partial charge in [0.2, 0.25) is 0 Å². The van der Waals surface area contributed by atoms with Gasteiger partial charge in [0.25, 0.3) is 0 Å². The third kappa shape index (κ3) is 3.50. The highest BCUT2D eigenvalue weighted by Crippen LogP contribution is 2.28. The van der Waals surface area contributed by atoms with Crippen LogP contribution < -0.4 is 11.1 Å². The number of nitrogens with one attached hydrogen (secondary N) is 1. The predicted molar refractivity (Wildman–Crippen MR) is 85.0 cm³/mol. The van der Waals surface area contributed by atoms with Gasteiger partial charge in [-0.1, -0.05) is 48.4 Å². The van der Waals surface area contributed by atoms with Crippen LogP contribution in [0.2, 0.25) is 5.02 Å². The Morgan fingerprint density at radius 1 is 1.35 bits per heavy atom. The molecule has 20 heavy (non-hydrogen) atoms. The van der Waals surface area contributed by atoms with Crippen LogP contribution in [0.1, 0.15) is 36.1 Å². The Morgan fingerprint density at radius 2 is 2.15 bits per heavy atom. The van der Waals surface area contributed by atoms with Crippen molar-refractivity contribution >= 4 is 17.4 Å². The molecule has 2 aromatic rings. The van der Waals surface area contributed by atoms with E-state index in [1.165, 1.54) is 11.1 Å². The Balaban J connectivity index is 2.44. The number of aromatic nitrogens is 1. The van der Waals surface area contributed by atoms with E-state index in [1.807, 2.05) is 6.07 Å². The van der Waals surface area contributed by atoms with E-state index in [1.54, 1.807) is 6.20 Å². The molecule has 0 aliphatic rings. The van der Waals surface area contributed by atoms with Gasteiger partial charge in [-0.2, -0.15) is 0 Å². The lowest BCUT2D eigenvalue weighted by molar-refractivity contribution is 0.598. The van der Waals surface area contributed by atoms with Crippen molar-refractivity contribution in [2.24, 2.45) is 0 Å². The first-order valence-corrected chi connectivity index (χ1v) is 7.20. The van der Waals surface area contributed by atoms with Crippen LogP contribution in [0.15, 0.2) is 36.5 Å². The molecule has 0 fully saturated rings. The number of rotatable bonds is 5. The number of hydrogen-bond donors (Lipinski definition) is 2. The van der Waals surface area contributed by atoms with E-state index in [-0.39, 0.29) is 6.04 Å². The molecule has 0 saturated carbocycles. The van der Waals surface area contributed by atoms with E-state index in [4.69, 9.17) is 17.3 Å². The SMILES string of the molecule is CCCNC(c1cccc(C)c1)c1cc(Cl)cnc1N. The molecule has 1 heterocycles. The molecular formula is C16H20ClN3. The molecule has 0 amide bonds. The Kier molecular flexibility index (Phi) is 4.99. The summed E-state index contributed by atoms with van der Waals surface area (Å²) >= 11 is 6.07. The number of halogens is 1. The van der Waals surface area contributed by atoms with E-state index in [9.17, 15) is 0 Å². The lowest BCUT2D eigenvalue weighted by Crippen LogP contribution is -2.24. The van der Waals surface area contributed by atoms with Crippen LogP contribution in [0, 0.1) is 6.92 Å². The second-order valence-corrected chi connectivity index (χ2v) is 5.37. The fourth-order valence-electron chi connectivity index (χ4n) is 2.24. The minimum absolute atomic E-state index is 0.0149. The molecule has 4 heteroatoms. The summed E-state index contributed by atoms with van der Waals surface area (Å²) < 4.78 is 0. The van der Waals surface area contributed by atoms with Crippen molar-refractivity contribution < 1.29 is 0 Å². The van der Waals surface area contributed by atoms with E-state index < -0.39 is 0 Å². The summed E-state index contributed by atoms with van der Waals surface area (Å²) in [5, 5.41) is 4.12. The summed E-state index contributed by atoms with van der Waals surface area (Å²) in [6.45, 7) is 5.13. The highest BCUT2D eigenvalue weighted by molar-refractivity contribution is 6.30. The normalized spacial score (nSPS) is 12.3. The van der Waals surface area contributed by atoms with Gasteiger partial charge in [-0.25, -0.2) is 4.98 Å². The van der Waals surface area contributed by atoms with E-state index in [0.29, 0.717) is 10.8 Å². The van der Waals surface area contributed by atoms with Crippen LogP contribution in [-0.2, 0) is 0 Å². The number of benzene rings is 1. The molecule has 1 aromatic heterocycles. The Hall–Kier alpha value is -1.58. The summed E-state index contributed by atoms with van der Waals surface area (Å²) in [6.07, 6.45) is 2.63. The molecule has 1 unspecified atom stereocenters. The monoisotopic (exact) mass is 289 g/mol. The minimum Gasteiger partial charge on any atom is -0.383 e. The lowest BCUT2D eigenvalue weighted by Gasteiger charge is -2.21. The summed E-state index contributed by atoms with van der Waals surface area (Å²) in [7, 11) is 0. The fraction of sp³-hybridized carbons (Fsp3) is 0.312. The molecule has 0 spiro atoms. The third-order valence-electron chi connectivity index (χ3n) is 3.20. The van der Waals surface area contributed by atoms with Crippen LogP contribution in [0.5, 0.6) is 0 Å². The number of aryl methyl sites for hydroxylation is 1. The van der Waals surface area contributed by atoms with Crippen LogP contribution in [0.25, 0.3) is 0 Å². The van der Waals surface area contributed by atoms with Gasteiger partial charge in [0, 0.05) is 11.8 Å². The van der Waals surface area contributed by atoms with Crippen molar-refractivity contribution in [2.45, 2.75) is 26.3 Å². The van der Waals surface area contributed by atoms with Crippen molar-refractivity contribution in [3.05, 3.63) is 58.2 Å². The van der Waals surface area contributed by atoms with Gasteiger partial charge in [0.1, 0.15) is 5.82 Å². The van der Waals surface area contributed by atoms with E-state index in [2.05, 4.69) is 48.4 Å². The molecule has 0 aliphatic heterocycles. The Morgan fingerprint density at radius 3 is 2.85 bits per heavy atom. The topological polar surface area (TPSA) is 50.9 Å². The zero-order chi connectivity index (χ0) is 14.5. The standard InChI is InChI=1S/C16H20ClN3/c1-3-7-19-15(12-6-4-5-11(2)8-12)14-9-13(17)10-20-16(14)18/h4-6,8-10,15,19H,3,7H2,1-2H3,(H2,18,20). The molecule has 2 rings (SSSR count). The zero-order valence-corrected chi connectivity index (χ0v) is 12.6. The summed E-state index contributed by atoms with van der Waals surface area (Å²) in [5.41, 5.74) is 9.35. The number of hydrogen-bond acceptors (Lipinski definition) is 3. The maximum atomic E-state index is 6.07. The van der Waals surface area contributed by atoms with Crippen molar-refractivity contribution in [1.82, 2.24) is 10.3 Å². The van der Waals surface area contributed by atoms with Gasteiger partial charge in [-0.15, -0.1) is 0 Å². The minimum atomic E-state index is 0.0149. The molecule has 3 nitrogen and oxygen atoms in total. The summed E-state index contributed by atoms with van der Waals surface area (Å²) in [4.78, 5) is 4.16. The number of nitrogens with zero attached hydrogens (tertiary/aromatic N) is 1. The number of nitrogens with two attached hydrogens (primary N) is 1. The van der Waals surface area contributed by atoms with Gasteiger partial charge < -0.3 is 11.1 Å². The Bertz CT molecular complexity index is 584. The molecule has 0 radical (unpaired) electrons. The Labute approximate surface area is 125 Å². The first kappa shape index (κ1) is 14.8. The average molecular weight is 290 g/mol. The van der Waals surface area contributed by atoms with Gasteiger partial charge >= 0.3 is 0 Å². The molecule has 0 bridgehead atoms. The van der Waals surface area contributed by atoms with Crippen molar-refractivity contribution in [3.63, 3.8) is 0 Å². The first-order valence-electron chi connectivity index (χ1n) is 6.82. The quantitative estimate of drug-likeness (QED) is 0.882. The largest absolute Gasteiger partial charge is 0.383 e. The molecule has 1 atom stereocenters. The highest BCUT2D eigenvalue weighted by atomic mass is 35.5. The molecule has 0 saturated heterocycles. The first-order chi connectivity index (χ1) is 9.61.